The Balaban J connectivity index is 2.15. The monoisotopic (exact) mass is 212 g/mol. The van der Waals surface area contributed by atoms with Crippen LogP contribution in [0.3, 0.4) is 0 Å². The predicted molar refractivity (Wildman–Crippen MR) is 53.6 cm³/mol. The Morgan fingerprint density at radius 2 is 1.47 bits per heavy atom. The van der Waals surface area contributed by atoms with E-state index in [1.807, 2.05) is 0 Å². The first kappa shape index (κ1) is 10.6. The van der Waals surface area contributed by atoms with E-state index >= 15 is 0 Å². The molecule has 1 aromatic rings. The average Bonchev–Trinajstić information content (AvgIpc) is 2.17. The van der Waals surface area contributed by atoms with Crippen LogP contribution in [-0.2, 0) is 0 Å². The van der Waals surface area contributed by atoms with Crippen LogP contribution in [0.15, 0.2) is 18.2 Å². The minimum absolute atomic E-state index is 0.193. The van der Waals surface area contributed by atoms with Crippen LogP contribution in [0.5, 0.6) is 0 Å². The molecule has 1 aliphatic rings. The fourth-order valence-electron chi connectivity index (χ4n) is 2.22. The summed E-state index contributed by atoms with van der Waals surface area (Å²) in [4.78, 5) is 0. The van der Waals surface area contributed by atoms with Crippen LogP contribution in [0.4, 0.5) is 8.78 Å². The van der Waals surface area contributed by atoms with Crippen molar-refractivity contribution in [2.24, 2.45) is 0 Å². The summed E-state index contributed by atoms with van der Waals surface area (Å²) in [6.07, 6.45) is 2.83. The summed E-state index contributed by atoms with van der Waals surface area (Å²) >= 11 is 0. The Bertz CT molecular complexity index is 323. The number of aliphatic hydroxyl groups excluding tert-OH is 1. The van der Waals surface area contributed by atoms with Gasteiger partial charge in [0, 0.05) is 6.07 Å². The lowest BCUT2D eigenvalue weighted by atomic mass is 9.83. The zero-order valence-electron chi connectivity index (χ0n) is 8.42. The summed E-state index contributed by atoms with van der Waals surface area (Å²) in [6, 6.07) is 3.68. The maximum atomic E-state index is 13.0. The Morgan fingerprint density at radius 1 is 0.933 bits per heavy atom. The lowest BCUT2D eigenvalue weighted by Crippen LogP contribution is -2.17. The second-order valence-corrected chi connectivity index (χ2v) is 4.21. The standard InChI is InChI=1S/C12H14F2O/c13-10-5-9(6-11(14)7-10)8-1-3-12(15)4-2-8/h5-8,12,15H,1-4H2/t8-,12+. The van der Waals surface area contributed by atoms with Crippen molar-refractivity contribution in [1.82, 2.24) is 0 Å². The maximum Gasteiger partial charge on any atom is 0.126 e. The molecule has 2 rings (SSSR count). The normalized spacial score (nSPS) is 26.6. The van der Waals surface area contributed by atoms with Gasteiger partial charge in [-0.2, -0.15) is 0 Å². The number of hydrogen-bond donors (Lipinski definition) is 1. The highest BCUT2D eigenvalue weighted by Gasteiger charge is 2.21. The summed E-state index contributed by atoms with van der Waals surface area (Å²) in [5.41, 5.74) is 0.722. The molecule has 0 atom stereocenters. The molecular formula is C12H14F2O. The molecular weight excluding hydrogens is 198 g/mol. The summed E-state index contributed by atoms with van der Waals surface area (Å²) in [5, 5.41) is 9.33. The third kappa shape index (κ3) is 2.53. The van der Waals surface area contributed by atoms with Crippen LogP contribution in [0.25, 0.3) is 0 Å². The molecule has 1 N–H and O–H groups in total. The molecule has 0 unspecified atom stereocenters. The molecule has 82 valence electrons. The van der Waals surface area contributed by atoms with E-state index in [9.17, 15) is 13.9 Å². The molecule has 3 heteroatoms. The molecule has 1 aliphatic carbocycles. The van der Waals surface area contributed by atoms with Gasteiger partial charge in [0.1, 0.15) is 11.6 Å². The molecule has 0 amide bonds. The highest BCUT2D eigenvalue weighted by molar-refractivity contribution is 5.22. The van der Waals surface area contributed by atoms with Gasteiger partial charge in [-0.05, 0) is 49.3 Å². The lowest BCUT2D eigenvalue weighted by molar-refractivity contribution is 0.122. The van der Waals surface area contributed by atoms with Crippen LogP contribution >= 0.6 is 0 Å². The van der Waals surface area contributed by atoms with E-state index in [1.54, 1.807) is 0 Å². The number of aliphatic hydroxyl groups is 1. The number of benzene rings is 1. The largest absolute Gasteiger partial charge is 0.393 e. The van der Waals surface area contributed by atoms with Gasteiger partial charge in [-0.15, -0.1) is 0 Å². The van der Waals surface area contributed by atoms with Crippen LogP contribution in [0.2, 0.25) is 0 Å². The van der Waals surface area contributed by atoms with Crippen LogP contribution in [0.1, 0.15) is 37.2 Å². The number of hydrogen-bond acceptors (Lipinski definition) is 1. The third-order valence-corrected chi connectivity index (χ3v) is 3.05. The van der Waals surface area contributed by atoms with E-state index in [2.05, 4.69) is 0 Å². The van der Waals surface area contributed by atoms with Gasteiger partial charge in [0.25, 0.3) is 0 Å². The van der Waals surface area contributed by atoms with Gasteiger partial charge in [0.15, 0.2) is 0 Å². The van der Waals surface area contributed by atoms with Crippen molar-refractivity contribution in [3.63, 3.8) is 0 Å². The van der Waals surface area contributed by atoms with E-state index in [0.29, 0.717) is 0 Å². The molecule has 15 heavy (non-hydrogen) atoms. The summed E-state index contributed by atoms with van der Waals surface area (Å²) < 4.78 is 25.9. The van der Waals surface area contributed by atoms with Crippen molar-refractivity contribution in [1.29, 1.82) is 0 Å². The smallest absolute Gasteiger partial charge is 0.126 e. The van der Waals surface area contributed by atoms with Crippen molar-refractivity contribution < 1.29 is 13.9 Å². The highest BCUT2D eigenvalue weighted by Crippen LogP contribution is 2.33. The molecule has 1 nitrogen and oxygen atoms in total. The number of rotatable bonds is 1. The van der Waals surface area contributed by atoms with Crippen LogP contribution in [0, 0.1) is 11.6 Å². The molecule has 1 aromatic carbocycles. The summed E-state index contributed by atoms with van der Waals surface area (Å²) in [5.74, 6) is -0.842. The van der Waals surface area contributed by atoms with E-state index in [0.717, 1.165) is 37.3 Å². The van der Waals surface area contributed by atoms with Gasteiger partial charge in [-0.1, -0.05) is 0 Å². The van der Waals surface area contributed by atoms with Crippen LogP contribution < -0.4 is 0 Å². The Labute approximate surface area is 87.7 Å². The van der Waals surface area contributed by atoms with E-state index in [-0.39, 0.29) is 12.0 Å². The first-order valence-electron chi connectivity index (χ1n) is 5.29. The minimum Gasteiger partial charge on any atom is -0.393 e. The van der Waals surface area contributed by atoms with Crippen molar-refractivity contribution in [3.05, 3.63) is 35.4 Å². The molecule has 0 aliphatic heterocycles. The van der Waals surface area contributed by atoms with Gasteiger partial charge in [0.05, 0.1) is 6.10 Å². The van der Waals surface area contributed by atoms with Crippen molar-refractivity contribution in [3.8, 4) is 0 Å². The van der Waals surface area contributed by atoms with Crippen molar-refractivity contribution >= 4 is 0 Å². The van der Waals surface area contributed by atoms with Gasteiger partial charge in [-0.3, -0.25) is 0 Å². The van der Waals surface area contributed by atoms with Gasteiger partial charge < -0.3 is 5.11 Å². The quantitative estimate of drug-likeness (QED) is 0.758. The fourth-order valence-corrected chi connectivity index (χ4v) is 2.22. The molecule has 0 heterocycles. The predicted octanol–water partition coefficient (Wildman–Crippen LogP) is 2.98. The van der Waals surface area contributed by atoms with Gasteiger partial charge in [-0.25, -0.2) is 8.78 Å². The maximum absolute atomic E-state index is 13.0. The molecule has 0 bridgehead atoms. The molecule has 0 spiro atoms. The first-order valence-corrected chi connectivity index (χ1v) is 5.29. The molecule has 0 radical (unpaired) electrons. The Morgan fingerprint density at radius 3 is 2.00 bits per heavy atom. The SMILES string of the molecule is O[C@H]1CC[C@@H](c2cc(F)cc(F)c2)CC1. The zero-order valence-corrected chi connectivity index (χ0v) is 8.42. The second-order valence-electron chi connectivity index (χ2n) is 4.21. The summed E-state index contributed by atoms with van der Waals surface area (Å²) in [7, 11) is 0. The molecule has 0 aromatic heterocycles. The van der Waals surface area contributed by atoms with Crippen molar-refractivity contribution in [2.75, 3.05) is 0 Å². The molecule has 1 fully saturated rings. The fraction of sp³-hybridized carbons (Fsp3) is 0.500. The van der Waals surface area contributed by atoms with E-state index in [1.165, 1.54) is 12.1 Å². The molecule has 1 saturated carbocycles. The van der Waals surface area contributed by atoms with E-state index in [4.69, 9.17) is 0 Å². The van der Waals surface area contributed by atoms with Crippen molar-refractivity contribution in [2.45, 2.75) is 37.7 Å². The van der Waals surface area contributed by atoms with Crippen LogP contribution in [-0.4, -0.2) is 11.2 Å². The Hall–Kier alpha value is -0.960. The number of halogens is 2. The van der Waals surface area contributed by atoms with Gasteiger partial charge >= 0.3 is 0 Å². The third-order valence-electron chi connectivity index (χ3n) is 3.05. The Kier molecular flexibility index (Phi) is 3.00. The second kappa shape index (κ2) is 4.27. The van der Waals surface area contributed by atoms with Gasteiger partial charge in [0.2, 0.25) is 0 Å². The zero-order chi connectivity index (χ0) is 10.8. The lowest BCUT2D eigenvalue weighted by Gasteiger charge is -2.25. The highest BCUT2D eigenvalue weighted by atomic mass is 19.1. The molecule has 0 saturated heterocycles. The topological polar surface area (TPSA) is 20.2 Å². The summed E-state index contributed by atoms with van der Waals surface area (Å²) in [6.45, 7) is 0. The van der Waals surface area contributed by atoms with E-state index < -0.39 is 11.6 Å². The first-order chi connectivity index (χ1) is 7.15. The average molecular weight is 212 g/mol. The minimum atomic E-state index is -0.517.